The van der Waals surface area contributed by atoms with Crippen molar-refractivity contribution in [3.8, 4) is 0 Å². The Labute approximate surface area is 173 Å². The molecular formula is C23H24F3N3O. The Morgan fingerprint density at radius 1 is 1.00 bits per heavy atom. The second-order valence-electron chi connectivity index (χ2n) is 7.92. The van der Waals surface area contributed by atoms with Gasteiger partial charge in [0.15, 0.2) is 0 Å². The lowest BCUT2D eigenvalue weighted by atomic mass is 9.96. The zero-order valence-electron chi connectivity index (χ0n) is 16.6. The highest BCUT2D eigenvalue weighted by molar-refractivity contribution is 5.77. The number of alkyl halides is 3. The highest BCUT2D eigenvalue weighted by Gasteiger charge is 2.32. The van der Waals surface area contributed by atoms with Crippen molar-refractivity contribution in [3.63, 3.8) is 0 Å². The summed E-state index contributed by atoms with van der Waals surface area (Å²) in [5.41, 5.74) is 0.168. The Morgan fingerprint density at radius 2 is 1.73 bits per heavy atom. The molecule has 4 nitrogen and oxygen atoms in total. The van der Waals surface area contributed by atoms with E-state index < -0.39 is 11.9 Å². The summed E-state index contributed by atoms with van der Waals surface area (Å²) in [4.78, 5) is 18.8. The van der Waals surface area contributed by atoms with E-state index in [1.807, 2.05) is 6.07 Å². The zero-order chi connectivity index (χ0) is 21.1. The second kappa shape index (κ2) is 8.60. The van der Waals surface area contributed by atoms with Crippen LogP contribution in [0.2, 0.25) is 0 Å². The smallest absolute Gasteiger partial charge is 0.315 e. The molecule has 0 bridgehead atoms. The monoisotopic (exact) mass is 415 g/mol. The first-order chi connectivity index (χ1) is 14.4. The van der Waals surface area contributed by atoms with E-state index in [0.29, 0.717) is 12.5 Å². The second-order valence-corrected chi connectivity index (χ2v) is 7.92. The first-order valence-electron chi connectivity index (χ1n) is 10.2. The van der Waals surface area contributed by atoms with Gasteiger partial charge in [-0.3, -0.25) is 4.79 Å². The van der Waals surface area contributed by atoms with Crippen LogP contribution >= 0.6 is 0 Å². The summed E-state index contributed by atoms with van der Waals surface area (Å²) in [6.07, 6.45) is 0.0920. The summed E-state index contributed by atoms with van der Waals surface area (Å²) in [6, 6.07) is 14.0. The van der Waals surface area contributed by atoms with Crippen molar-refractivity contribution in [2.45, 2.75) is 32.0 Å². The molecule has 1 aliphatic heterocycles. The lowest BCUT2D eigenvalue weighted by Gasteiger charge is -2.32. The molecule has 3 aromatic rings. The number of piperidine rings is 1. The molecule has 4 rings (SSSR count). The summed E-state index contributed by atoms with van der Waals surface area (Å²) in [7, 11) is 0. The molecule has 0 unspecified atom stereocenters. The molecule has 1 fully saturated rings. The Morgan fingerprint density at radius 3 is 2.43 bits per heavy atom. The number of halogens is 3. The number of benzene rings is 1. The maximum Gasteiger partial charge on any atom is 0.433 e. The molecule has 158 valence electrons. The number of fused-ring (bicyclic) bond motifs is 1. The van der Waals surface area contributed by atoms with Crippen LogP contribution in [-0.2, 0) is 19.1 Å². The molecule has 1 saturated heterocycles. The summed E-state index contributed by atoms with van der Waals surface area (Å²) >= 11 is 0. The minimum atomic E-state index is -4.52. The topological polar surface area (TPSA) is 38.1 Å². The van der Waals surface area contributed by atoms with Gasteiger partial charge in [0.1, 0.15) is 5.69 Å². The molecule has 0 atom stereocenters. The lowest BCUT2D eigenvalue weighted by Crippen LogP contribution is -2.37. The molecule has 0 N–H and O–H groups in total. The van der Waals surface area contributed by atoms with Crippen LogP contribution in [0.25, 0.3) is 10.9 Å². The highest BCUT2D eigenvalue weighted by atomic mass is 19.4. The zero-order valence-corrected chi connectivity index (χ0v) is 16.6. The predicted octanol–water partition coefficient (Wildman–Crippen LogP) is 4.37. The summed E-state index contributed by atoms with van der Waals surface area (Å²) < 4.78 is 40.1. The van der Waals surface area contributed by atoms with Crippen molar-refractivity contribution in [1.29, 1.82) is 0 Å². The van der Waals surface area contributed by atoms with Gasteiger partial charge in [0.2, 0.25) is 0 Å². The van der Waals surface area contributed by atoms with Gasteiger partial charge >= 0.3 is 6.18 Å². The maximum atomic E-state index is 12.8. The van der Waals surface area contributed by atoms with Gasteiger partial charge in [0.05, 0.1) is 10.9 Å². The maximum absolute atomic E-state index is 12.8. The number of aromatic nitrogens is 2. The van der Waals surface area contributed by atoms with Crippen molar-refractivity contribution in [1.82, 2.24) is 14.5 Å². The molecule has 1 aromatic carbocycles. The van der Waals surface area contributed by atoms with E-state index in [0.717, 1.165) is 45.0 Å². The lowest BCUT2D eigenvalue weighted by molar-refractivity contribution is -0.140. The third kappa shape index (κ3) is 4.73. The van der Waals surface area contributed by atoms with Crippen LogP contribution in [0.5, 0.6) is 0 Å². The molecule has 0 spiro atoms. The molecule has 0 radical (unpaired) electrons. The molecular weight excluding hydrogens is 391 g/mol. The van der Waals surface area contributed by atoms with Crippen LogP contribution in [0, 0.1) is 5.92 Å². The van der Waals surface area contributed by atoms with E-state index >= 15 is 0 Å². The van der Waals surface area contributed by atoms with Crippen molar-refractivity contribution in [2.75, 3.05) is 19.6 Å². The Balaban J connectivity index is 1.37. The molecule has 0 aliphatic carbocycles. The van der Waals surface area contributed by atoms with Gasteiger partial charge in [-0.1, -0.05) is 30.3 Å². The van der Waals surface area contributed by atoms with Crippen LogP contribution in [-0.4, -0.2) is 34.1 Å². The Kier molecular flexibility index (Phi) is 5.90. The Hall–Kier alpha value is -2.67. The third-order valence-corrected chi connectivity index (χ3v) is 5.84. The summed E-state index contributed by atoms with van der Waals surface area (Å²) in [5.74, 6) is 0.385. The van der Waals surface area contributed by atoms with Gasteiger partial charge in [-0.05, 0) is 62.0 Å². The molecule has 0 amide bonds. The largest absolute Gasteiger partial charge is 0.433 e. The third-order valence-electron chi connectivity index (χ3n) is 5.84. The normalized spacial score (nSPS) is 16.2. The van der Waals surface area contributed by atoms with Crippen molar-refractivity contribution in [2.24, 2.45) is 5.92 Å². The first-order valence-corrected chi connectivity index (χ1v) is 10.2. The van der Waals surface area contributed by atoms with E-state index in [4.69, 9.17) is 0 Å². The van der Waals surface area contributed by atoms with Crippen molar-refractivity contribution >= 4 is 10.9 Å². The van der Waals surface area contributed by atoms with Crippen molar-refractivity contribution < 1.29 is 13.2 Å². The molecule has 2 aromatic heterocycles. The highest BCUT2D eigenvalue weighted by Crippen LogP contribution is 2.28. The summed E-state index contributed by atoms with van der Waals surface area (Å²) in [5, 5.41) is 0.228. The molecule has 3 heterocycles. The molecule has 30 heavy (non-hydrogen) atoms. The molecule has 7 heteroatoms. The number of nitrogens with zero attached hydrogens (tertiary/aromatic N) is 3. The summed E-state index contributed by atoms with van der Waals surface area (Å²) in [6.45, 7) is 3.61. The average molecular weight is 415 g/mol. The first kappa shape index (κ1) is 20.6. The Bertz CT molecular complexity index is 1050. The predicted molar refractivity (Wildman–Crippen MR) is 110 cm³/mol. The standard InChI is InChI=1S/C23H24F3N3O/c24-23(25,26)21-7-6-19-20(27-21)11-15-29(22(19)30)16-18-9-13-28(14-10-18)12-8-17-4-2-1-3-5-17/h1-7,11,15,18H,8-10,12-14,16H2. The van der Waals surface area contributed by atoms with Crippen LogP contribution in [0.3, 0.4) is 0 Å². The van der Waals surface area contributed by atoms with Crippen LogP contribution in [0.4, 0.5) is 13.2 Å². The van der Waals surface area contributed by atoms with Crippen molar-refractivity contribution in [3.05, 3.63) is 76.3 Å². The van der Waals surface area contributed by atoms with Crippen LogP contribution in [0.1, 0.15) is 24.1 Å². The fraction of sp³-hybridized carbons (Fsp3) is 0.391. The number of pyridine rings is 2. The van der Waals surface area contributed by atoms with Crippen LogP contribution in [0.15, 0.2) is 59.5 Å². The van der Waals surface area contributed by atoms with E-state index in [-0.39, 0.29) is 16.5 Å². The number of hydrogen-bond donors (Lipinski definition) is 0. The number of rotatable bonds is 5. The quantitative estimate of drug-likeness (QED) is 0.621. The SMILES string of the molecule is O=c1c2ccc(C(F)(F)F)nc2ccn1CC1CCN(CCc2ccccc2)CC1. The average Bonchev–Trinajstić information content (AvgIpc) is 2.75. The van der Waals surface area contributed by atoms with E-state index in [9.17, 15) is 18.0 Å². The fourth-order valence-corrected chi connectivity index (χ4v) is 4.07. The number of likely N-dealkylation sites (tertiary alicyclic amines) is 1. The molecule has 0 saturated carbocycles. The minimum absolute atomic E-state index is 0.0850. The van der Waals surface area contributed by atoms with Crippen LogP contribution < -0.4 is 5.56 Å². The fourth-order valence-electron chi connectivity index (χ4n) is 4.07. The van der Waals surface area contributed by atoms with E-state index in [1.165, 1.54) is 17.7 Å². The minimum Gasteiger partial charge on any atom is -0.315 e. The van der Waals surface area contributed by atoms with Gasteiger partial charge < -0.3 is 9.47 Å². The van der Waals surface area contributed by atoms with E-state index in [1.54, 1.807) is 10.8 Å². The van der Waals surface area contributed by atoms with Gasteiger partial charge in [-0.25, -0.2) is 4.98 Å². The molecule has 1 aliphatic rings. The van der Waals surface area contributed by atoms with E-state index in [2.05, 4.69) is 34.1 Å². The van der Waals surface area contributed by atoms with Gasteiger partial charge in [-0.2, -0.15) is 13.2 Å². The van der Waals surface area contributed by atoms with Gasteiger partial charge in [-0.15, -0.1) is 0 Å². The van der Waals surface area contributed by atoms with Gasteiger partial charge in [0.25, 0.3) is 5.56 Å². The van der Waals surface area contributed by atoms with Gasteiger partial charge in [0, 0.05) is 19.3 Å². The number of hydrogen-bond acceptors (Lipinski definition) is 3.